The standard InChI is InChI=1S/C28H29ClN7O2P/c1-39(2,37)26-8-4-3-7-23(26)33-27-22(29)16-31-28(34-27)32-19-9-10-24-25(14-19)38-18-21-17-35(12-13-36(21)24)20-6-5-11-30-15-20/h3-11,14-16,21H,12-13,17-18H2,1-2H3,(H2,31,32,33,34)/t21-/m0/s1. The van der Waals surface area contributed by atoms with Gasteiger partial charge in [-0.15, -0.1) is 0 Å². The minimum atomic E-state index is -2.50. The first kappa shape index (κ1) is 25.5. The van der Waals surface area contributed by atoms with Gasteiger partial charge in [-0.05, 0) is 49.7 Å². The van der Waals surface area contributed by atoms with Gasteiger partial charge in [0.05, 0.1) is 35.5 Å². The summed E-state index contributed by atoms with van der Waals surface area (Å²) < 4.78 is 19.0. The van der Waals surface area contributed by atoms with E-state index in [2.05, 4.69) is 47.5 Å². The molecule has 6 rings (SSSR count). The van der Waals surface area contributed by atoms with Gasteiger partial charge < -0.3 is 29.7 Å². The lowest BCUT2D eigenvalue weighted by Gasteiger charge is -2.46. The quantitative estimate of drug-likeness (QED) is 0.302. The van der Waals surface area contributed by atoms with E-state index >= 15 is 0 Å². The van der Waals surface area contributed by atoms with Crippen LogP contribution in [0.15, 0.2) is 73.2 Å². The summed E-state index contributed by atoms with van der Waals surface area (Å²) in [5.41, 5.74) is 3.74. The Labute approximate surface area is 232 Å². The lowest BCUT2D eigenvalue weighted by atomic mass is 10.1. The van der Waals surface area contributed by atoms with Gasteiger partial charge in [-0.2, -0.15) is 4.98 Å². The fraction of sp³-hybridized carbons (Fsp3) is 0.250. The molecule has 0 aliphatic carbocycles. The Kier molecular flexibility index (Phi) is 6.79. The first-order valence-corrected chi connectivity index (χ1v) is 15.7. The molecule has 1 saturated heterocycles. The number of halogens is 1. The van der Waals surface area contributed by atoms with Crippen LogP contribution >= 0.6 is 18.7 Å². The molecule has 9 nitrogen and oxygen atoms in total. The van der Waals surface area contributed by atoms with E-state index in [1.807, 2.05) is 48.7 Å². The van der Waals surface area contributed by atoms with Gasteiger partial charge in [0, 0.05) is 42.9 Å². The van der Waals surface area contributed by atoms with Gasteiger partial charge in [0.25, 0.3) is 0 Å². The van der Waals surface area contributed by atoms with Crippen LogP contribution in [0.2, 0.25) is 5.02 Å². The second-order valence-corrected chi connectivity index (χ2v) is 13.6. The van der Waals surface area contributed by atoms with E-state index < -0.39 is 7.14 Å². The number of ether oxygens (including phenoxy) is 1. The van der Waals surface area contributed by atoms with Crippen molar-refractivity contribution in [1.82, 2.24) is 15.0 Å². The molecule has 0 radical (unpaired) electrons. The number of benzene rings is 2. The number of pyridine rings is 1. The third-order valence-corrected chi connectivity index (χ3v) is 8.76. The number of hydrogen-bond donors (Lipinski definition) is 2. The molecule has 0 saturated carbocycles. The molecule has 1 atom stereocenters. The first-order valence-electron chi connectivity index (χ1n) is 12.7. The molecule has 2 aliphatic heterocycles. The molecule has 2 aromatic carbocycles. The highest BCUT2D eigenvalue weighted by molar-refractivity contribution is 7.70. The highest BCUT2D eigenvalue weighted by Crippen LogP contribution is 2.40. The number of nitrogens with zero attached hydrogens (tertiary/aromatic N) is 5. The Morgan fingerprint density at radius 1 is 1.05 bits per heavy atom. The molecule has 0 bridgehead atoms. The topological polar surface area (TPSA) is 95.5 Å². The van der Waals surface area contributed by atoms with E-state index in [1.54, 1.807) is 25.7 Å². The number of rotatable bonds is 6. The van der Waals surface area contributed by atoms with Crippen molar-refractivity contribution in [2.24, 2.45) is 0 Å². The van der Waals surface area contributed by atoms with Crippen LogP contribution in [-0.4, -0.2) is 60.6 Å². The van der Waals surface area contributed by atoms with Gasteiger partial charge in [0.1, 0.15) is 24.5 Å². The number of anilines is 6. The highest BCUT2D eigenvalue weighted by Gasteiger charge is 2.33. The van der Waals surface area contributed by atoms with Crippen LogP contribution in [0.25, 0.3) is 0 Å². The average molecular weight is 562 g/mol. The third kappa shape index (κ3) is 5.37. The summed E-state index contributed by atoms with van der Waals surface area (Å²) in [6.07, 6.45) is 5.25. The number of nitrogens with one attached hydrogen (secondary N) is 2. The Bertz CT molecular complexity index is 1550. The van der Waals surface area contributed by atoms with E-state index in [-0.39, 0.29) is 6.04 Å². The summed E-state index contributed by atoms with van der Waals surface area (Å²) in [6.45, 7) is 6.80. The summed E-state index contributed by atoms with van der Waals surface area (Å²) >= 11 is 6.41. The van der Waals surface area contributed by atoms with Crippen LogP contribution in [0.5, 0.6) is 5.75 Å². The fourth-order valence-electron chi connectivity index (χ4n) is 5.04. The number of para-hydroxylation sites is 1. The van der Waals surface area contributed by atoms with Crippen LogP contribution in [-0.2, 0) is 4.57 Å². The Balaban J connectivity index is 1.18. The van der Waals surface area contributed by atoms with Gasteiger partial charge in [-0.25, -0.2) is 4.98 Å². The van der Waals surface area contributed by atoms with Crippen molar-refractivity contribution >= 4 is 58.6 Å². The van der Waals surface area contributed by atoms with Crippen molar-refractivity contribution in [2.75, 3.05) is 60.0 Å². The van der Waals surface area contributed by atoms with Crippen LogP contribution in [0.4, 0.5) is 34.5 Å². The zero-order valence-electron chi connectivity index (χ0n) is 21.7. The second kappa shape index (κ2) is 10.4. The number of piperazine rings is 1. The SMILES string of the molecule is CP(C)(=O)c1ccccc1Nc1nc(Nc2ccc3c(c2)OC[C@@H]2CN(c4cccnc4)CCN32)ncc1Cl. The fourth-order valence-corrected chi connectivity index (χ4v) is 6.34. The molecule has 11 heteroatoms. The van der Waals surface area contributed by atoms with Gasteiger partial charge in [0.2, 0.25) is 5.95 Å². The van der Waals surface area contributed by atoms with E-state index in [4.69, 9.17) is 16.3 Å². The zero-order valence-corrected chi connectivity index (χ0v) is 23.4. The molecule has 2 aliphatic rings. The predicted molar refractivity (Wildman–Crippen MR) is 159 cm³/mol. The normalized spacial score (nSPS) is 16.6. The van der Waals surface area contributed by atoms with E-state index in [1.165, 1.54) is 0 Å². The summed E-state index contributed by atoms with van der Waals surface area (Å²) in [7, 11) is -2.50. The molecule has 2 aromatic heterocycles. The van der Waals surface area contributed by atoms with Gasteiger partial charge in [-0.1, -0.05) is 23.7 Å². The van der Waals surface area contributed by atoms with Gasteiger partial charge >= 0.3 is 0 Å². The lowest BCUT2D eigenvalue weighted by molar-refractivity contribution is 0.255. The van der Waals surface area contributed by atoms with Crippen molar-refractivity contribution in [3.8, 4) is 5.75 Å². The van der Waals surface area contributed by atoms with Crippen LogP contribution in [0.3, 0.4) is 0 Å². The monoisotopic (exact) mass is 561 g/mol. The highest BCUT2D eigenvalue weighted by atomic mass is 35.5. The molecule has 39 heavy (non-hydrogen) atoms. The van der Waals surface area contributed by atoms with E-state index in [9.17, 15) is 4.57 Å². The largest absolute Gasteiger partial charge is 0.489 e. The molecule has 4 aromatic rings. The molecule has 4 heterocycles. The number of hydrogen-bond acceptors (Lipinski definition) is 9. The maximum atomic E-state index is 12.8. The first-order chi connectivity index (χ1) is 18.8. The minimum absolute atomic E-state index is 0.267. The third-order valence-electron chi connectivity index (χ3n) is 6.93. The van der Waals surface area contributed by atoms with Crippen LogP contribution < -0.4 is 30.5 Å². The van der Waals surface area contributed by atoms with E-state index in [0.717, 1.165) is 47.8 Å². The van der Waals surface area contributed by atoms with Crippen molar-refractivity contribution in [1.29, 1.82) is 0 Å². The van der Waals surface area contributed by atoms with Crippen LogP contribution in [0, 0.1) is 0 Å². The molecular weight excluding hydrogens is 533 g/mol. The average Bonchev–Trinajstić information content (AvgIpc) is 2.94. The van der Waals surface area contributed by atoms with E-state index in [0.29, 0.717) is 29.1 Å². The Hall–Kier alpha value is -3.81. The Morgan fingerprint density at radius 2 is 1.92 bits per heavy atom. The molecule has 1 fully saturated rings. The minimum Gasteiger partial charge on any atom is -0.489 e. The summed E-state index contributed by atoms with van der Waals surface area (Å²) in [4.78, 5) is 18.0. The summed E-state index contributed by atoms with van der Waals surface area (Å²) in [5.74, 6) is 1.64. The van der Waals surface area contributed by atoms with Crippen molar-refractivity contribution < 1.29 is 9.30 Å². The molecule has 200 valence electrons. The second-order valence-electron chi connectivity index (χ2n) is 10.0. The van der Waals surface area contributed by atoms with Crippen molar-refractivity contribution in [2.45, 2.75) is 6.04 Å². The molecule has 0 unspecified atom stereocenters. The molecule has 0 amide bonds. The summed E-state index contributed by atoms with van der Waals surface area (Å²) in [6, 6.07) is 17.9. The molecule has 0 spiro atoms. The molecular formula is C28H29ClN7O2P. The Morgan fingerprint density at radius 3 is 2.74 bits per heavy atom. The zero-order chi connectivity index (χ0) is 27.0. The molecule has 2 N–H and O–H groups in total. The van der Waals surface area contributed by atoms with Crippen LogP contribution in [0.1, 0.15) is 0 Å². The lowest BCUT2D eigenvalue weighted by Crippen LogP contribution is -2.57. The van der Waals surface area contributed by atoms with Gasteiger partial charge in [-0.3, -0.25) is 4.98 Å². The smallest absolute Gasteiger partial charge is 0.229 e. The van der Waals surface area contributed by atoms with Crippen molar-refractivity contribution in [3.63, 3.8) is 0 Å². The number of fused-ring (bicyclic) bond motifs is 3. The number of aromatic nitrogens is 3. The summed E-state index contributed by atoms with van der Waals surface area (Å²) in [5, 5.41) is 7.60. The predicted octanol–water partition coefficient (Wildman–Crippen LogP) is 5.35. The van der Waals surface area contributed by atoms with Gasteiger partial charge in [0.15, 0.2) is 5.82 Å². The van der Waals surface area contributed by atoms with Crippen molar-refractivity contribution in [3.05, 3.63) is 78.2 Å². The maximum absolute atomic E-state index is 12.8. The maximum Gasteiger partial charge on any atom is 0.229 e.